The molecule has 0 aliphatic carbocycles. The van der Waals surface area contributed by atoms with E-state index in [1.807, 2.05) is 32.9 Å². The van der Waals surface area contributed by atoms with E-state index in [-0.39, 0.29) is 0 Å². The molecule has 0 aliphatic rings. The Balaban J connectivity index is 3.21. The van der Waals surface area contributed by atoms with Gasteiger partial charge in [0, 0.05) is 0 Å². The van der Waals surface area contributed by atoms with Gasteiger partial charge in [0.05, 0.1) is 0 Å². The van der Waals surface area contributed by atoms with E-state index >= 15 is 0 Å². The van der Waals surface area contributed by atoms with E-state index in [4.69, 9.17) is 0 Å². The summed E-state index contributed by atoms with van der Waals surface area (Å²) in [4.78, 5) is 7.39. The van der Waals surface area contributed by atoms with Crippen LogP contribution in [0.1, 0.15) is 26.3 Å². The van der Waals surface area contributed by atoms with Gasteiger partial charge in [0.15, 0.2) is 0 Å². The van der Waals surface area contributed by atoms with Crippen LogP contribution < -0.4 is 4.72 Å². The second-order valence-corrected chi connectivity index (χ2v) is 24.5. The van der Waals surface area contributed by atoms with Crippen LogP contribution >= 0.6 is 0 Å². The first kappa shape index (κ1) is 17.0. The van der Waals surface area contributed by atoms with E-state index in [1.165, 1.54) is 0 Å². The Morgan fingerprint density at radius 2 is 1.63 bits per heavy atom. The van der Waals surface area contributed by atoms with Crippen LogP contribution in [0.3, 0.4) is 0 Å². The monoisotopic (exact) mass is 391 g/mol. The molecule has 5 heteroatoms. The molecule has 0 atom stereocenters. The van der Waals surface area contributed by atoms with Gasteiger partial charge in [-0.1, -0.05) is 0 Å². The van der Waals surface area contributed by atoms with Crippen LogP contribution in [0.25, 0.3) is 0 Å². The Morgan fingerprint density at radius 3 is 2.11 bits per heavy atom. The summed E-state index contributed by atoms with van der Waals surface area (Å²) in [6.07, 6.45) is 0. The van der Waals surface area contributed by atoms with Gasteiger partial charge in [0.2, 0.25) is 0 Å². The summed E-state index contributed by atoms with van der Waals surface area (Å²) in [6, 6.07) is 7.36. The quantitative estimate of drug-likeness (QED) is 0.803. The predicted octanol–water partition coefficient (Wildman–Crippen LogP) is 3.18. The van der Waals surface area contributed by atoms with Gasteiger partial charge in [-0.2, -0.15) is 0 Å². The molecule has 0 aliphatic heterocycles. The van der Waals surface area contributed by atoms with Crippen molar-refractivity contribution < 1.29 is 8.42 Å². The molecule has 3 nitrogen and oxygen atoms in total. The zero-order valence-electron chi connectivity index (χ0n) is 12.7. The van der Waals surface area contributed by atoms with Gasteiger partial charge in [-0.3, -0.25) is 0 Å². The number of nitrogens with one attached hydrogen (secondary N) is 1. The number of benzene rings is 1. The van der Waals surface area contributed by atoms with Crippen LogP contribution in [0.5, 0.6) is 0 Å². The van der Waals surface area contributed by atoms with Crippen LogP contribution in [0.15, 0.2) is 29.2 Å². The molecule has 108 valence electrons. The van der Waals surface area contributed by atoms with Gasteiger partial charge in [-0.15, -0.1) is 0 Å². The van der Waals surface area contributed by atoms with Crippen molar-refractivity contribution in [3.63, 3.8) is 0 Å². The van der Waals surface area contributed by atoms with Crippen molar-refractivity contribution in [2.45, 2.75) is 50.5 Å². The molecule has 0 fully saturated rings. The van der Waals surface area contributed by atoms with E-state index in [0.29, 0.717) is 4.90 Å². The molecule has 0 amide bonds. The van der Waals surface area contributed by atoms with E-state index in [0.717, 1.165) is 10.0 Å². The van der Waals surface area contributed by atoms with Gasteiger partial charge < -0.3 is 0 Å². The van der Waals surface area contributed by atoms with Crippen LogP contribution in [-0.4, -0.2) is 32.3 Å². The van der Waals surface area contributed by atoms with Crippen molar-refractivity contribution in [3.8, 4) is 0 Å². The molecule has 0 saturated heterocycles. The molecule has 1 rings (SSSR count). The maximum atomic E-state index is 12.5. The fourth-order valence-electron chi connectivity index (χ4n) is 1.94. The van der Waals surface area contributed by atoms with Crippen LogP contribution in [0.4, 0.5) is 0 Å². The SMILES string of the molecule is CC(C)(C)NS(=O)(=O)c1ccccc1[CH2][Sn]([CH3])([CH3])[CH3]. The number of hydrogen-bond acceptors (Lipinski definition) is 2. The average molecular weight is 390 g/mol. The summed E-state index contributed by atoms with van der Waals surface area (Å²) in [5.41, 5.74) is 0.499. The molecule has 19 heavy (non-hydrogen) atoms. The Bertz CT molecular complexity index is 539. The molecule has 1 aromatic rings. The summed E-state index contributed by atoms with van der Waals surface area (Å²) in [5.74, 6) is 0. The molecule has 0 radical (unpaired) electrons. The predicted molar refractivity (Wildman–Crippen MR) is 83.6 cm³/mol. The number of sulfonamides is 1. The number of hydrogen-bond donors (Lipinski definition) is 1. The topological polar surface area (TPSA) is 46.2 Å². The van der Waals surface area contributed by atoms with Gasteiger partial charge in [0.1, 0.15) is 0 Å². The normalized spacial score (nSPS) is 13.6. The fourth-order valence-corrected chi connectivity index (χ4v) is 8.11. The van der Waals surface area contributed by atoms with E-state index < -0.39 is 33.9 Å². The summed E-state index contributed by atoms with van der Waals surface area (Å²) < 4.78 is 28.6. The minimum atomic E-state index is -3.44. The molecule has 0 aromatic heterocycles. The van der Waals surface area contributed by atoms with Crippen molar-refractivity contribution >= 4 is 28.4 Å². The third-order valence-corrected chi connectivity index (χ3v) is 8.40. The maximum absolute atomic E-state index is 12.5. The molecular weight excluding hydrogens is 365 g/mol. The first-order valence-electron chi connectivity index (χ1n) is 6.53. The van der Waals surface area contributed by atoms with E-state index in [1.54, 1.807) is 12.1 Å². The third kappa shape index (κ3) is 5.83. The molecular formula is C14H25NO2SSn. The van der Waals surface area contributed by atoms with Gasteiger partial charge in [0.25, 0.3) is 0 Å². The number of rotatable bonds is 4. The van der Waals surface area contributed by atoms with Crippen molar-refractivity contribution in [1.82, 2.24) is 4.72 Å². The standard InChI is InChI=1S/C11H16NO2S.3CH3.Sn/c1-9-7-5-6-8-10(9)15(13,14)12-11(2,3)4;;;;/h5-8,12H,1H2,2-4H3;3*1H3;. The Hall–Kier alpha value is -0.0713. The van der Waals surface area contributed by atoms with Crippen LogP contribution in [0.2, 0.25) is 14.8 Å². The second kappa shape index (κ2) is 5.74. The van der Waals surface area contributed by atoms with Crippen LogP contribution in [0, 0.1) is 0 Å². The van der Waals surface area contributed by atoms with Crippen LogP contribution in [-0.2, 0) is 14.5 Å². The Morgan fingerprint density at radius 1 is 1.11 bits per heavy atom. The summed E-state index contributed by atoms with van der Waals surface area (Å²) in [5, 5.41) is 0. The molecule has 1 N–H and O–H groups in total. The third-order valence-electron chi connectivity index (χ3n) is 2.42. The second-order valence-electron chi connectivity index (χ2n) is 7.20. The van der Waals surface area contributed by atoms with E-state index in [9.17, 15) is 8.42 Å². The van der Waals surface area contributed by atoms with Crippen molar-refractivity contribution in [2.24, 2.45) is 0 Å². The Labute approximate surface area is 121 Å². The molecule has 0 bridgehead atoms. The molecule has 0 heterocycles. The van der Waals surface area contributed by atoms with Gasteiger partial charge in [-0.05, 0) is 0 Å². The summed E-state index contributed by atoms with van der Waals surface area (Å²) in [7, 11) is -3.44. The average Bonchev–Trinajstić information content (AvgIpc) is 2.11. The summed E-state index contributed by atoms with van der Waals surface area (Å²) in [6.45, 7) is 5.57. The fraction of sp³-hybridized carbons (Fsp3) is 0.571. The van der Waals surface area contributed by atoms with Gasteiger partial charge >= 0.3 is 122 Å². The van der Waals surface area contributed by atoms with Crippen molar-refractivity contribution in [2.75, 3.05) is 0 Å². The zero-order valence-corrected chi connectivity index (χ0v) is 16.4. The first-order valence-corrected chi connectivity index (χ1v) is 18.6. The van der Waals surface area contributed by atoms with Gasteiger partial charge in [-0.25, -0.2) is 0 Å². The zero-order chi connectivity index (χ0) is 14.9. The molecule has 0 unspecified atom stereocenters. The molecule has 0 saturated carbocycles. The Kier molecular flexibility index (Phi) is 5.13. The van der Waals surface area contributed by atoms with Crippen molar-refractivity contribution in [1.29, 1.82) is 0 Å². The van der Waals surface area contributed by atoms with E-state index in [2.05, 4.69) is 19.5 Å². The molecule has 0 spiro atoms. The summed E-state index contributed by atoms with van der Waals surface area (Å²) >= 11 is -2.08. The molecule has 1 aromatic carbocycles. The first-order chi connectivity index (χ1) is 8.41. The minimum absolute atomic E-state index is 0.441. The van der Waals surface area contributed by atoms with Crippen molar-refractivity contribution in [3.05, 3.63) is 29.8 Å².